The highest BCUT2D eigenvalue weighted by molar-refractivity contribution is 5.63. The fourth-order valence-corrected chi connectivity index (χ4v) is 5.26. The SMILES string of the molecule is CC(C)c1cccc(C(C)C)c1NC(C)(C)CC(C)(C)Nc1c(C(C)C)cccc1C(C)C. The monoisotopic (exact) mass is 450 g/mol. The summed E-state index contributed by atoms with van der Waals surface area (Å²) in [7, 11) is 0. The van der Waals surface area contributed by atoms with Crippen LogP contribution in [0, 0.1) is 0 Å². The summed E-state index contributed by atoms with van der Waals surface area (Å²) >= 11 is 0. The summed E-state index contributed by atoms with van der Waals surface area (Å²) < 4.78 is 0. The van der Waals surface area contributed by atoms with Crippen LogP contribution in [0.5, 0.6) is 0 Å². The Bertz CT molecular complexity index is 789. The summed E-state index contributed by atoms with van der Waals surface area (Å²) in [6.45, 7) is 27.7. The van der Waals surface area contributed by atoms with Crippen molar-refractivity contribution in [2.75, 3.05) is 10.6 Å². The normalized spacial score (nSPS) is 12.8. The van der Waals surface area contributed by atoms with Crippen LogP contribution >= 0.6 is 0 Å². The molecule has 33 heavy (non-hydrogen) atoms. The molecule has 0 spiro atoms. The molecule has 0 aliphatic rings. The van der Waals surface area contributed by atoms with Gasteiger partial charge in [-0.15, -0.1) is 0 Å². The Hall–Kier alpha value is -1.96. The Labute approximate surface area is 205 Å². The van der Waals surface area contributed by atoms with Crippen LogP contribution < -0.4 is 10.6 Å². The first-order valence-corrected chi connectivity index (χ1v) is 13.0. The van der Waals surface area contributed by atoms with Gasteiger partial charge in [0.1, 0.15) is 0 Å². The predicted octanol–water partition coefficient (Wildman–Crippen LogP) is 9.65. The van der Waals surface area contributed by atoms with Gasteiger partial charge < -0.3 is 10.6 Å². The van der Waals surface area contributed by atoms with Crippen molar-refractivity contribution in [1.82, 2.24) is 0 Å². The number of anilines is 2. The Morgan fingerprint density at radius 3 is 0.970 bits per heavy atom. The second kappa shape index (κ2) is 10.5. The zero-order valence-electron chi connectivity index (χ0n) is 23.5. The van der Waals surface area contributed by atoms with Crippen LogP contribution in [-0.2, 0) is 0 Å². The molecule has 0 saturated heterocycles. The lowest BCUT2D eigenvalue weighted by Gasteiger charge is -2.40. The van der Waals surface area contributed by atoms with Crippen molar-refractivity contribution in [1.29, 1.82) is 0 Å². The Kier molecular flexibility index (Phi) is 8.71. The molecule has 0 aromatic heterocycles. The van der Waals surface area contributed by atoms with Crippen LogP contribution in [0.25, 0.3) is 0 Å². The van der Waals surface area contributed by atoms with E-state index in [1.54, 1.807) is 0 Å². The van der Waals surface area contributed by atoms with Gasteiger partial charge in [0.15, 0.2) is 0 Å². The number of para-hydroxylation sites is 2. The molecule has 0 saturated carbocycles. The average Bonchev–Trinajstić information content (AvgIpc) is 2.65. The zero-order valence-corrected chi connectivity index (χ0v) is 23.5. The summed E-state index contributed by atoms with van der Waals surface area (Å²) in [5.74, 6) is 1.94. The molecule has 2 aromatic carbocycles. The number of rotatable bonds is 10. The van der Waals surface area contributed by atoms with Crippen molar-refractivity contribution in [3.63, 3.8) is 0 Å². The van der Waals surface area contributed by atoms with E-state index >= 15 is 0 Å². The van der Waals surface area contributed by atoms with E-state index in [1.165, 1.54) is 33.6 Å². The van der Waals surface area contributed by atoms with E-state index in [0.717, 1.165) is 6.42 Å². The lowest BCUT2D eigenvalue weighted by molar-refractivity contribution is 0.396. The molecule has 2 nitrogen and oxygen atoms in total. The molecule has 0 aliphatic heterocycles. The third kappa shape index (κ3) is 7.01. The largest absolute Gasteiger partial charge is 0.380 e. The number of hydrogen-bond donors (Lipinski definition) is 2. The van der Waals surface area contributed by atoms with Crippen molar-refractivity contribution in [3.8, 4) is 0 Å². The minimum Gasteiger partial charge on any atom is -0.380 e. The summed E-state index contributed by atoms with van der Waals surface area (Å²) in [6.07, 6.45) is 0.994. The Morgan fingerprint density at radius 2 is 0.758 bits per heavy atom. The Balaban J connectivity index is 2.38. The molecule has 184 valence electrons. The van der Waals surface area contributed by atoms with Gasteiger partial charge in [-0.25, -0.2) is 0 Å². The topological polar surface area (TPSA) is 24.1 Å². The molecule has 0 heterocycles. The molecule has 2 N–H and O–H groups in total. The van der Waals surface area contributed by atoms with Gasteiger partial charge in [0.2, 0.25) is 0 Å². The molecule has 0 radical (unpaired) electrons. The van der Waals surface area contributed by atoms with Gasteiger partial charge in [-0.3, -0.25) is 0 Å². The molecule has 2 rings (SSSR count). The summed E-state index contributed by atoms with van der Waals surface area (Å²) in [5, 5.41) is 7.99. The fourth-order valence-electron chi connectivity index (χ4n) is 5.26. The second-order valence-corrected chi connectivity index (χ2v) is 12.4. The van der Waals surface area contributed by atoms with Gasteiger partial charge in [0.25, 0.3) is 0 Å². The van der Waals surface area contributed by atoms with Crippen molar-refractivity contribution < 1.29 is 0 Å². The summed E-state index contributed by atoms with van der Waals surface area (Å²) in [4.78, 5) is 0. The fraction of sp³-hybridized carbons (Fsp3) is 0.613. The van der Waals surface area contributed by atoms with E-state index in [2.05, 4.69) is 130 Å². The van der Waals surface area contributed by atoms with Crippen LogP contribution in [0.1, 0.15) is 135 Å². The first-order chi connectivity index (χ1) is 15.1. The number of nitrogens with one attached hydrogen (secondary N) is 2. The third-order valence-electron chi connectivity index (χ3n) is 6.56. The van der Waals surface area contributed by atoms with Crippen LogP contribution in [0.3, 0.4) is 0 Å². The van der Waals surface area contributed by atoms with E-state index in [4.69, 9.17) is 0 Å². The molecular weight excluding hydrogens is 400 g/mol. The van der Waals surface area contributed by atoms with Crippen LogP contribution in [-0.4, -0.2) is 11.1 Å². The van der Waals surface area contributed by atoms with Gasteiger partial charge in [-0.05, 0) is 80.0 Å². The maximum Gasteiger partial charge on any atom is 0.0414 e. The first-order valence-electron chi connectivity index (χ1n) is 13.0. The van der Waals surface area contributed by atoms with Crippen molar-refractivity contribution >= 4 is 11.4 Å². The van der Waals surface area contributed by atoms with E-state index < -0.39 is 0 Å². The first kappa shape index (κ1) is 27.3. The Morgan fingerprint density at radius 1 is 0.515 bits per heavy atom. The van der Waals surface area contributed by atoms with Crippen molar-refractivity contribution in [2.45, 2.75) is 124 Å². The van der Waals surface area contributed by atoms with Gasteiger partial charge in [0.05, 0.1) is 0 Å². The van der Waals surface area contributed by atoms with E-state index in [-0.39, 0.29) is 11.1 Å². The predicted molar refractivity (Wildman–Crippen MR) is 149 cm³/mol. The molecule has 2 heteroatoms. The molecule has 0 aliphatic carbocycles. The third-order valence-corrected chi connectivity index (χ3v) is 6.56. The molecule has 0 fully saturated rings. The van der Waals surface area contributed by atoms with Crippen molar-refractivity contribution in [2.24, 2.45) is 0 Å². The standard InChI is InChI=1S/C31H50N2/c1-20(2)24-15-13-16-25(21(3)4)28(24)32-30(9,10)19-31(11,12)33-29-26(22(5)6)17-14-18-27(29)23(7)8/h13-18,20-23,32-33H,19H2,1-12H3. The lowest BCUT2D eigenvalue weighted by Crippen LogP contribution is -2.44. The quantitative estimate of drug-likeness (QED) is 0.376. The highest BCUT2D eigenvalue weighted by Gasteiger charge is 2.31. The molecule has 2 aromatic rings. The minimum absolute atomic E-state index is 0.0735. The van der Waals surface area contributed by atoms with Gasteiger partial charge in [-0.2, -0.15) is 0 Å². The molecule has 0 unspecified atom stereocenters. The zero-order chi connectivity index (χ0) is 25.1. The molecular formula is C31H50N2. The van der Waals surface area contributed by atoms with Crippen LogP contribution in [0.15, 0.2) is 36.4 Å². The number of benzene rings is 2. The lowest BCUT2D eigenvalue weighted by atomic mass is 9.83. The van der Waals surface area contributed by atoms with E-state index in [9.17, 15) is 0 Å². The smallest absolute Gasteiger partial charge is 0.0414 e. The second-order valence-electron chi connectivity index (χ2n) is 12.4. The molecule has 0 amide bonds. The molecule has 0 atom stereocenters. The van der Waals surface area contributed by atoms with Gasteiger partial charge >= 0.3 is 0 Å². The van der Waals surface area contributed by atoms with Gasteiger partial charge in [0, 0.05) is 22.5 Å². The highest BCUT2D eigenvalue weighted by atomic mass is 15.0. The van der Waals surface area contributed by atoms with Crippen molar-refractivity contribution in [3.05, 3.63) is 58.7 Å². The maximum atomic E-state index is 3.99. The number of hydrogen-bond acceptors (Lipinski definition) is 2. The van der Waals surface area contributed by atoms with Gasteiger partial charge in [-0.1, -0.05) is 91.8 Å². The summed E-state index contributed by atoms with van der Waals surface area (Å²) in [5.41, 5.74) is 8.15. The average molecular weight is 451 g/mol. The minimum atomic E-state index is -0.0735. The van der Waals surface area contributed by atoms with Crippen LogP contribution in [0.2, 0.25) is 0 Å². The van der Waals surface area contributed by atoms with E-state index in [1.807, 2.05) is 0 Å². The van der Waals surface area contributed by atoms with Crippen LogP contribution in [0.4, 0.5) is 11.4 Å². The van der Waals surface area contributed by atoms with E-state index in [0.29, 0.717) is 23.7 Å². The molecule has 0 bridgehead atoms. The highest BCUT2D eigenvalue weighted by Crippen LogP contribution is 2.38. The summed E-state index contributed by atoms with van der Waals surface area (Å²) in [6, 6.07) is 13.6. The maximum absolute atomic E-state index is 3.99.